The molecule has 0 heterocycles. The van der Waals surface area contributed by atoms with Crippen LogP contribution in [0.5, 0.6) is 0 Å². The fraction of sp³-hybridized carbons (Fsp3) is 0.115. The third-order valence-electron chi connectivity index (χ3n) is 4.49. The van der Waals surface area contributed by atoms with Crippen molar-refractivity contribution in [2.45, 2.75) is 23.3 Å². The maximum absolute atomic E-state index is 12.7. The van der Waals surface area contributed by atoms with Crippen LogP contribution >= 0.6 is 11.8 Å². The zero-order valence-electron chi connectivity index (χ0n) is 18.1. The number of para-hydroxylation sites is 1. The molecular formula is C26H23N3O3S. The quantitative estimate of drug-likeness (QED) is 0.262. The molecule has 0 spiro atoms. The molecule has 0 fully saturated rings. The molecule has 0 aliphatic rings. The van der Waals surface area contributed by atoms with Crippen LogP contribution in [0.4, 0.5) is 5.69 Å². The van der Waals surface area contributed by atoms with Crippen LogP contribution in [0.3, 0.4) is 0 Å². The Morgan fingerprint density at radius 3 is 2.39 bits per heavy atom. The third-order valence-corrected chi connectivity index (χ3v) is 5.57. The van der Waals surface area contributed by atoms with Gasteiger partial charge in [0.25, 0.3) is 5.91 Å². The number of rotatable bonds is 9. The SMILES string of the molecule is CCOC(=O)c1ccc(CN/C=C(/C#N)C(=O)Nc2ccccc2Sc2ccccc2)cc1. The molecule has 0 aliphatic heterocycles. The van der Waals surface area contributed by atoms with Crippen molar-refractivity contribution >= 4 is 29.3 Å². The maximum atomic E-state index is 12.7. The summed E-state index contributed by atoms with van der Waals surface area (Å²) in [5.41, 5.74) is 1.95. The molecule has 3 aromatic rings. The van der Waals surface area contributed by atoms with Crippen molar-refractivity contribution in [3.63, 3.8) is 0 Å². The summed E-state index contributed by atoms with van der Waals surface area (Å²) in [6.07, 6.45) is 1.39. The second kappa shape index (κ2) is 12.1. The average Bonchev–Trinajstić information content (AvgIpc) is 2.84. The Morgan fingerprint density at radius 1 is 1.00 bits per heavy atom. The third kappa shape index (κ3) is 6.99. The molecule has 1 amide bonds. The minimum atomic E-state index is -0.497. The molecule has 33 heavy (non-hydrogen) atoms. The monoisotopic (exact) mass is 457 g/mol. The van der Waals surface area contributed by atoms with Crippen molar-refractivity contribution in [1.82, 2.24) is 5.32 Å². The Morgan fingerprint density at radius 2 is 1.70 bits per heavy atom. The topological polar surface area (TPSA) is 91.2 Å². The maximum Gasteiger partial charge on any atom is 0.338 e. The van der Waals surface area contributed by atoms with Gasteiger partial charge in [0, 0.05) is 22.5 Å². The lowest BCUT2D eigenvalue weighted by Gasteiger charge is -2.10. The summed E-state index contributed by atoms with van der Waals surface area (Å²) >= 11 is 1.53. The van der Waals surface area contributed by atoms with E-state index in [0.717, 1.165) is 15.4 Å². The van der Waals surface area contributed by atoms with E-state index in [1.165, 1.54) is 18.0 Å². The lowest BCUT2D eigenvalue weighted by Crippen LogP contribution is -2.17. The van der Waals surface area contributed by atoms with E-state index in [2.05, 4.69) is 10.6 Å². The van der Waals surface area contributed by atoms with Crippen LogP contribution in [0.25, 0.3) is 0 Å². The molecule has 6 nitrogen and oxygen atoms in total. The average molecular weight is 458 g/mol. The van der Waals surface area contributed by atoms with Gasteiger partial charge in [-0.1, -0.05) is 54.2 Å². The van der Waals surface area contributed by atoms with Gasteiger partial charge in [-0.3, -0.25) is 4.79 Å². The number of benzene rings is 3. The molecule has 0 aromatic heterocycles. The minimum Gasteiger partial charge on any atom is -0.462 e. The molecule has 3 rings (SSSR count). The number of hydrogen-bond donors (Lipinski definition) is 2. The summed E-state index contributed by atoms with van der Waals surface area (Å²) in [5, 5.41) is 15.2. The highest BCUT2D eigenvalue weighted by Gasteiger charge is 2.12. The smallest absolute Gasteiger partial charge is 0.338 e. The molecule has 7 heteroatoms. The van der Waals surface area contributed by atoms with Crippen LogP contribution in [0.2, 0.25) is 0 Å². The summed E-state index contributed by atoms with van der Waals surface area (Å²) in [6, 6.07) is 26.2. The number of nitriles is 1. The first-order chi connectivity index (χ1) is 16.1. The Labute approximate surface area is 197 Å². The lowest BCUT2D eigenvalue weighted by molar-refractivity contribution is -0.112. The zero-order chi connectivity index (χ0) is 23.5. The first kappa shape index (κ1) is 23.6. The molecule has 3 aromatic carbocycles. The van der Waals surface area contributed by atoms with Crippen molar-refractivity contribution in [2.75, 3.05) is 11.9 Å². The minimum absolute atomic E-state index is 0.0438. The number of amides is 1. The van der Waals surface area contributed by atoms with E-state index in [1.54, 1.807) is 37.3 Å². The normalized spacial score (nSPS) is 10.7. The fourth-order valence-corrected chi connectivity index (χ4v) is 3.78. The van der Waals surface area contributed by atoms with Crippen molar-refractivity contribution in [3.8, 4) is 6.07 Å². The molecule has 2 N–H and O–H groups in total. The standard InChI is InChI=1S/C26H23N3O3S/c1-2-32-26(31)20-14-12-19(13-15-20)17-28-18-21(16-27)25(30)29-23-10-6-7-11-24(23)33-22-8-4-3-5-9-22/h3-15,18,28H,2,17H2,1H3,(H,29,30)/b21-18-. The molecule has 0 aliphatic carbocycles. The predicted octanol–water partition coefficient (Wildman–Crippen LogP) is 5.15. The highest BCUT2D eigenvalue weighted by atomic mass is 32.2. The Balaban J connectivity index is 1.61. The number of hydrogen-bond acceptors (Lipinski definition) is 6. The number of carbonyl (C=O) groups excluding carboxylic acids is 2. The summed E-state index contributed by atoms with van der Waals surface area (Å²) in [6.45, 7) is 2.47. The van der Waals surface area contributed by atoms with Gasteiger partial charge in [0.1, 0.15) is 11.6 Å². The number of esters is 1. The van der Waals surface area contributed by atoms with Crippen LogP contribution in [-0.2, 0) is 16.1 Å². The van der Waals surface area contributed by atoms with Gasteiger partial charge in [0.05, 0.1) is 17.9 Å². The molecule has 0 bridgehead atoms. The zero-order valence-corrected chi connectivity index (χ0v) is 18.9. The first-order valence-electron chi connectivity index (χ1n) is 10.3. The highest BCUT2D eigenvalue weighted by molar-refractivity contribution is 7.99. The second-order valence-corrected chi connectivity index (χ2v) is 7.95. The number of ether oxygens (including phenoxy) is 1. The summed E-state index contributed by atoms with van der Waals surface area (Å²) in [5.74, 6) is -0.866. The summed E-state index contributed by atoms with van der Waals surface area (Å²) in [4.78, 5) is 26.3. The number of nitrogens with zero attached hydrogens (tertiary/aromatic N) is 1. The lowest BCUT2D eigenvalue weighted by atomic mass is 10.1. The van der Waals surface area contributed by atoms with Gasteiger partial charge >= 0.3 is 5.97 Å². The van der Waals surface area contributed by atoms with Gasteiger partial charge < -0.3 is 15.4 Å². The van der Waals surface area contributed by atoms with E-state index in [9.17, 15) is 14.9 Å². The first-order valence-corrected chi connectivity index (χ1v) is 11.2. The van der Waals surface area contributed by atoms with Gasteiger partial charge in [-0.2, -0.15) is 5.26 Å². The highest BCUT2D eigenvalue weighted by Crippen LogP contribution is 2.33. The van der Waals surface area contributed by atoms with E-state index >= 15 is 0 Å². The van der Waals surface area contributed by atoms with Crippen molar-refractivity contribution in [3.05, 3.63) is 102 Å². The van der Waals surface area contributed by atoms with Crippen molar-refractivity contribution in [1.29, 1.82) is 5.26 Å². The summed E-state index contributed by atoms with van der Waals surface area (Å²) < 4.78 is 4.97. The van der Waals surface area contributed by atoms with E-state index in [1.807, 2.05) is 54.6 Å². The van der Waals surface area contributed by atoms with Crippen LogP contribution in [0.15, 0.2) is 100 Å². The van der Waals surface area contributed by atoms with Gasteiger partial charge in [-0.15, -0.1) is 0 Å². The van der Waals surface area contributed by atoms with Gasteiger partial charge in [-0.05, 0) is 48.9 Å². The fourth-order valence-electron chi connectivity index (χ4n) is 2.86. The van der Waals surface area contributed by atoms with Crippen molar-refractivity contribution in [2.24, 2.45) is 0 Å². The van der Waals surface area contributed by atoms with Crippen molar-refractivity contribution < 1.29 is 14.3 Å². The predicted molar refractivity (Wildman–Crippen MR) is 129 cm³/mol. The van der Waals surface area contributed by atoms with Crippen LogP contribution in [0.1, 0.15) is 22.8 Å². The number of nitrogens with one attached hydrogen (secondary N) is 2. The molecule has 0 radical (unpaired) electrons. The van der Waals surface area contributed by atoms with Gasteiger partial charge in [-0.25, -0.2) is 4.79 Å². The van der Waals surface area contributed by atoms with Crippen LogP contribution < -0.4 is 10.6 Å². The number of anilines is 1. The largest absolute Gasteiger partial charge is 0.462 e. The molecule has 0 unspecified atom stereocenters. The second-order valence-electron chi connectivity index (χ2n) is 6.83. The van der Waals surface area contributed by atoms with Gasteiger partial charge in [0.15, 0.2) is 0 Å². The van der Waals surface area contributed by atoms with Gasteiger partial charge in [0.2, 0.25) is 0 Å². The molecule has 0 saturated carbocycles. The Bertz CT molecular complexity index is 1170. The van der Waals surface area contributed by atoms with E-state index in [0.29, 0.717) is 24.4 Å². The molecule has 166 valence electrons. The summed E-state index contributed by atoms with van der Waals surface area (Å²) in [7, 11) is 0. The van der Waals surface area contributed by atoms with E-state index in [-0.39, 0.29) is 11.5 Å². The van der Waals surface area contributed by atoms with Crippen LogP contribution in [-0.4, -0.2) is 18.5 Å². The van der Waals surface area contributed by atoms with Crippen LogP contribution in [0, 0.1) is 11.3 Å². The Hall–Kier alpha value is -4.02. The van der Waals surface area contributed by atoms with E-state index in [4.69, 9.17) is 4.74 Å². The molecule has 0 saturated heterocycles. The molecule has 0 atom stereocenters. The molecular weight excluding hydrogens is 434 g/mol. The Kier molecular flexibility index (Phi) is 8.69. The van der Waals surface area contributed by atoms with E-state index < -0.39 is 5.91 Å². The number of carbonyl (C=O) groups is 2.